The Hall–Kier alpha value is -3.14. The number of non-ortho nitro benzene ring substituents is 1. The molecule has 0 aliphatic rings. The molecule has 2 rings (SSSR count). The van der Waals surface area contributed by atoms with Crippen molar-refractivity contribution < 1.29 is 23.2 Å². The molecule has 0 saturated heterocycles. The fraction of sp³-hybridized carbons (Fsp3) is 0.235. The number of amides is 1. The van der Waals surface area contributed by atoms with Crippen LogP contribution in [0.1, 0.15) is 20.8 Å². The van der Waals surface area contributed by atoms with Gasteiger partial charge in [0.15, 0.2) is 0 Å². The van der Waals surface area contributed by atoms with E-state index in [4.69, 9.17) is 0 Å². The quantitative estimate of drug-likeness (QED) is 0.589. The van der Waals surface area contributed by atoms with E-state index in [0.29, 0.717) is 0 Å². The molecular weight excluding hydrogens is 374 g/mol. The molecule has 0 heterocycles. The number of benzene rings is 2. The van der Waals surface area contributed by atoms with Gasteiger partial charge in [-0.25, -0.2) is 13.2 Å². The Labute approximate surface area is 156 Å². The molecule has 0 radical (unpaired) electrons. The third-order valence-corrected chi connectivity index (χ3v) is 4.99. The Kier molecular flexibility index (Phi) is 5.41. The number of hydrogen-bond donors (Lipinski definition) is 2. The highest BCUT2D eigenvalue weighted by Gasteiger charge is 2.30. The molecule has 0 aromatic heterocycles. The maximum atomic E-state index is 12.6. The minimum atomic E-state index is -4.08. The summed E-state index contributed by atoms with van der Waals surface area (Å²) < 4.78 is 27.6. The second kappa shape index (κ2) is 7.23. The zero-order chi connectivity index (χ0) is 20.4. The van der Waals surface area contributed by atoms with E-state index in [1.165, 1.54) is 12.1 Å². The van der Waals surface area contributed by atoms with Gasteiger partial charge in [-0.15, -0.1) is 0 Å². The molecule has 0 aliphatic heterocycles. The van der Waals surface area contributed by atoms with Crippen molar-refractivity contribution >= 4 is 33.2 Å². The molecule has 0 unspecified atom stereocenters. The molecule has 1 amide bonds. The van der Waals surface area contributed by atoms with E-state index in [9.17, 15) is 28.4 Å². The molecule has 2 aromatic carbocycles. The molecule has 0 atom stereocenters. The van der Waals surface area contributed by atoms with Gasteiger partial charge in [0.25, 0.3) is 15.7 Å². The first-order chi connectivity index (χ1) is 12.4. The maximum Gasteiger partial charge on any atom is 0.412 e. The summed E-state index contributed by atoms with van der Waals surface area (Å²) >= 11 is 0. The van der Waals surface area contributed by atoms with Gasteiger partial charge in [0.1, 0.15) is 0 Å². The first-order valence-electron chi connectivity index (χ1n) is 7.83. The molecule has 2 aromatic rings. The molecule has 2 N–H and O–H groups in total. The van der Waals surface area contributed by atoms with Gasteiger partial charge < -0.3 is 5.11 Å². The Morgan fingerprint density at radius 1 is 1.11 bits per heavy atom. The number of hydrogen-bond acceptors (Lipinski definition) is 5. The van der Waals surface area contributed by atoms with Gasteiger partial charge in [0.2, 0.25) is 0 Å². The second-order valence-corrected chi connectivity index (χ2v) is 8.34. The minimum Gasteiger partial charge on any atom is -0.465 e. The molecule has 10 heteroatoms. The lowest BCUT2D eigenvalue weighted by molar-refractivity contribution is -0.384. The lowest BCUT2D eigenvalue weighted by Crippen LogP contribution is -2.45. The number of anilines is 2. The fourth-order valence-corrected chi connectivity index (χ4v) is 3.53. The third kappa shape index (κ3) is 4.53. The van der Waals surface area contributed by atoms with Crippen LogP contribution in [-0.4, -0.2) is 30.1 Å². The first-order valence-corrected chi connectivity index (χ1v) is 9.31. The summed E-state index contributed by atoms with van der Waals surface area (Å²) in [6.45, 7) is 5.05. The highest BCUT2D eigenvalue weighted by Crippen LogP contribution is 2.33. The zero-order valence-electron chi connectivity index (χ0n) is 14.9. The van der Waals surface area contributed by atoms with E-state index < -0.39 is 26.6 Å². The van der Waals surface area contributed by atoms with Gasteiger partial charge >= 0.3 is 6.09 Å². The van der Waals surface area contributed by atoms with Crippen LogP contribution in [0.3, 0.4) is 0 Å². The molecule has 9 nitrogen and oxygen atoms in total. The summed E-state index contributed by atoms with van der Waals surface area (Å²) in [4.78, 5) is 22.7. The number of nitrogens with zero attached hydrogens (tertiary/aromatic N) is 2. The van der Waals surface area contributed by atoms with Crippen LogP contribution in [0.2, 0.25) is 0 Å². The highest BCUT2D eigenvalue weighted by atomic mass is 32.2. The summed E-state index contributed by atoms with van der Waals surface area (Å²) in [7, 11) is -4.08. The average molecular weight is 393 g/mol. The monoisotopic (exact) mass is 393 g/mol. The molecule has 144 valence electrons. The minimum absolute atomic E-state index is 0.0770. The van der Waals surface area contributed by atoms with E-state index in [-0.39, 0.29) is 22.0 Å². The summed E-state index contributed by atoms with van der Waals surface area (Å²) in [6.07, 6.45) is -1.23. The van der Waals surface area contributed by atoms with Crippen LogP contribution in [0, 0.1) is 10.1 Å². The van der Waals surface area contributed by atoms with Crippen LogP contribution in [0.15, 0.2) is 53.4 Å². The summed E-state index contributed by atoms with van der Waals surface area (Å²) in [5.74, 6) is 0. The van der Waals surface area contributed by atoms with Crippen molar-refractivity contribution in [2.24, 2.45) is 0 Å². The smallest absolute Gasteiger partial charge is 0.412 e. The van der Waals surface area contributed by atoms with Gasteiger partial charge in [-0.05, 0) is 45.0 Å². The van der Waals surface area contributed by atoms with Crippen LogP contribution in [0.5, 0.6) is 0 Å². The van der Waals surface area contributed by atoms with Crippen LogP contribution < -0.4 is 9.62 Å². The van der Waals surface area contributed by atoms with Crippen molar-refractivity contribution in [1.29, 1.82) is 0 Å². The number of rotatable bonds is 5. The topological polar surface area (TPSA) is 130 Å². The Balaban J connectivity index is 2.45. The van der Waals surface area contributed by atoms with Crippen molar-refractivity contribution in [3.8, 4) is 0 Å². The van der Waals surface area contributed by atoms with Gasteiger partial charge in [0, 0.05) is 17.7 Å². The van der Waals surface area contributed by atoms with Gasteiger partial charge in [-0.3, -0.25) is 19.7 Å². The predicted molar refractivity (Wildman–Crippen MR) is 101 cm³/mol. The molecule has 0 aliphatic carbocycles. The number of nitrogens with one attached hydrogen (secondary N) is 1. The van der Waals surface area contributed by atoms with E-state index in [1.807, 2.05) is 0 Å². The zero-order valence-corrected chi connectivity index (χ0v) is 15.7. The average Bonchev–Trinajstić information content (AvgIpc) is 2.55. The first kappa shape index (κ1) is 20.2. The lowest BCUT2D eigenvalue weighted by atomic mass is 10.1. The summed E-state index contributed by atoms with van der Waals surface area (Å²) in [5, 5.41) is 20.3. The van der Waals surface area contributed by atoms with E-state index in [0.717, 1.165) is 29.2 Å². The van der Waals surface area contributed by atoms with Gasteiger partial charge in [-0.1, -0.05) is 12.1 Å². The molecule has 0 fully saturated rings. The predicted octanol–water partition coefficient (Wildman–Crippen LogP) is 3.68. The number of para-hydroxylation sites is 2. The van der Waals surface area contributed by atoms with Crippen molar-refractivity contribution in [3.63, 3.8) is 0 Å². The maximum absolute atomic E-state index is 12.6. The Morgan fingerprint density at radius 2 is 1.67 bits per heavy atom. The van der Waals surface area contributed by atoms with Crippen LogP contribution >= 0.6 is 0 Å². The Morgan fingerprint density at radius 3 is 2.15 bits per heavy atom. The Bertz CT molecular complexity index is 965. The van der Waals surface area contributed by atoms with E-state index in [2.05, 4.69) is 4.72 Å². The number of nitro benzene ring substituents is 1. The van der Waals surface area contributed by atoms with Gasteiger partial charge in [-0.2, -0.15) is 0 Å². The van der Waals surface area contributed by atoms with Crippen LogP contribution in [0.4, 0.5) is 21.9 Å². The largest absolute Gasteiger partial charge is 0.465 e. The fourth-order valence-electron chi connectivity index (χ4n) is 2.46. The van der Waals surface area contributed by atoms with Crippen molar-refractivity contribution in [1.82, 2.24) is 0 Å². The number of carbonyl (C=O) groups is 1. The summed E-state index contributed by atoms with van der Waals surface area (Å²) in [6, 6.07) is 10.5. The number of nitro groups is 1. The molecule has 0 spiro atoms. The van der Waals surface area contributed by atoms with Gasteiger partial charge in [0.05, 0.1) is 21.2 Å². The lowest BCUT2D eigenvalue weighted by Gasteiger charge is -2.34. The molecule has 0 saturated carbocycles. The van der Waals surface area contributed by atoms with E-state index >= 15 is 0 Å². The van der Waals surface area contributed by atoms with E-state index in [1.54, 1.807) is 32.9 Å². The second-order valence-electron chi connectivity index (χ2n) is 6.66. The van der Waals surface area contributed by atoms with Crippen LogP contribution in [-0.2, 0) is 10.0 Å². The van der Waals surface area contributed by atoms with Crippen molar-refractivity contribution in [2.75, 3.05) is 9.62 Å². The molecule has 27 heavy (non-hydrogen) atoms. The van der Waals surface area contributed by atoms with Crippen molar-refractivity contribution in [3.05, 3.63) is 58.6 Å². The van der Waals surface area contributed by atoms with Crippen LogP contribution in [0.25, 0.3) is 0 Å². The summed E-state index contributed by atoms with van der Waals surface area (Å²) in [5.41, 5.74) is -0.809. The van der Waals surface area contributed by atoms with Crippen molar-refractivity contribution in [2.45, 2.75) is 31.2 Å². The normalized spacial score (nSPS) is 11.7. The molecular formula is C17H19N3O6S. The highest BCUT2D eigenvalue weighted by molar-refractivity contribution is 7.92. The number of sulfonamides is 1. The standard InChI is InChI=1S/C17H19N3O6S/c1-17(2,3)19(16(21)22)15-7-5-4-6-14(15)18-27(25,26)13-10-8-12(9-11-13)20(23)24/h4-11,18H,1-3H3,(H,21,22). The molecule has 0 bridgehead atoms. The third-order valence-electron chi connectivity index (χ3n) is 3.61. The SMILES string of the molecule is CC(C)(C)N(C(=O)O)c1ccccc1NS(=O)(=O)c1ccc([N+](=O)[O-])cc1. The number of carboxylic acid groups (broad SMARTS) is 1.